The van der Waals surface area contributed by atoms with Crippen molar-refractivity contribution in [1.82, 2.24) is 9.55 Å². The van der Waals surface area contributed by atoms with Crippen molar-refractivity contribution in [2.75, 3.05) is 5.32 Å². The van der Waals surface area contributed by atoms with E-state index in [2.05, 4.69) is 32.9 Å². The van der Waals surface area contributed by atoms with Crippen LogP contribution in [-0.2, 0) is 17.5 Å². The molecule has 3 aromatic rings. The van der Waals surface area contributed by atoms with Crippen LogP contribution in [0.4, 0.5) is 18.9 Å². The van der Waals surface area contributed by atoms with E-state index in [1.807, 2.05) is 0 Å². The number of amides is 1. The summed E-state index contributed by atoms with van der Waals surface area (Å²) >= 11 is 2.12. The van der Waals surface area contributed by atoms with Crippen molar-refractivity contribution in [2.24, 2.45) is 0 Å². The average molecular weight is 445 g/mol. The van der Waals surface area contributed by atoms with Crippen LogP contribution in [0.1, 0.15) is 5.82 Å². The Bertz CT molecular complexity index is 888. The molecule has 0 radical (unpaired) electrons. The van der Waals surface area contributed by atoms with E-state index in [9.17, 15) is 18.0 Å². The zero-order chi connectivity index (χ0) is 17.3. The maximum absolute atomic E-state index is 13.2. The van der Waals surface area contributed by atoms with E-state index < -0.39 is 24.5 Å². The monoisotopic (exact) mass is 445 g/mol. The van der Waals surface area contributed by atoms with Crippen LogP contribution >= 0.6 is 22.6 Å². The maximum Gasteiger partial charge on any atom is 0.449 e. The molecular weight excluding hydrogens is 434 g/mol. The molecule has 1 heterocycles. The van der Waals surface area contributed by atoms with Crippen LogP contribution in [0.3, 0.4) is 0 Å². The standard InChI is InChI=1S/C16H11F3IN3O/c17-16(18,19)15-22-12-3-1-2-4-13(12)23(15)9-14(24)21-11-7-5-10(20)6-8-11/h1-8H,9H2,(H,21,24). The summed E-state index contributed by atoms with van der Waals surface area (Å²) in [6, 6.07) is 13.2. The van der Waals surface area contributed by atoms with Gasteiger partial charge in [0.05, 0.1) is 11.0 Å². The number of carbonyl (C=O) groups is 1. The third-order valence-electron chi connectivity index (χ3n) is 3.34. The van der Waals surface area contributed by atoms with Gasteiger partial charge in [0.1, 0.15) is 6.54 Å². The van der Waals surface area contributed by atoms with E-state index in [0.717, 1.165) is 8.14 Å². The number of nitrogens with zero attached hydrogens (tertiary/aromatic N) is 2. The van der Waals surface area contributed by atoms with Crippen molar-refractivity contribution in [1.29, 1.82) is 0 Å². The van der Waals surface area contributed by atoms with Crippen LogP contribution in [0.2, 0.25) is 0 Å². The van der Waals surface area contributed by atoms with Gasteiger partial charge in [-0.15, -0.1) is 0 Å². The molecule has 124 valence electrons. The minimum absolute atomic E-state index is 0.201. The number of aromatic nitrogens is 2. The number of carbonyl (C=O) groups excluding carboxylic acids is 1. The van der Waals surface area contributed by atoms with Gasteiger partial charge in [-0.2, -0.15) is 13.2 Å². The normalized spacial score (nSPS) is 11.7. The first kappa shape index (κ1) is 16.7. The molecule has 0 aliphatic heterocycles. The first-order valence-electron chi connectivity index (χ1n) is 6.92. The van der Waals surface area contributed by atoms with E-state index in [1.165, 1.54) is 12.1 Å². The molecule has 24 heavy (non-hydrogen) atoms. The number of rotatable bonds is 3. The van der Waals surface area contributed by atoms with E-state index in [1.54, 1.807) is 36.4 Å². The Morgan fingerprint density at radius 3 is 2.46 bits per heavy atom. The zero-order valence-electron chi connectivity index (χ0n) is 12.1. The zero-order valence-corrected chi connectivity index (χ0v) is 14.3. The largest absolute Gasteiger partial charge is 0.449 e. The van der Waals surface area contributed by atoms with Gasteiger partial charge in [0.15, 0.2) is 0 Å². The van der Waals surface area contributed by atoms with E-state index >= 15 is 0 Å². The number of para-hydroxylation sites is 2. The van der Waals surface area contributed by atoms with Crippen LogP contribution in [-0.4, -0.2) is 15.5 Å². The van der Waals surface area contributed by atoms with Gasteiger partial charge in [0.2, 0.25) is 11.7 Å². The summed E-state index contributed by atoms with van der Waals surface area (Å²) in [6.07, 6.45) is -4.64. The van der Waals surface area contributed by atoms with E-state index in [4.69, 9.17) is 0 Å². The van der Waals surface area contributed by atoms with Crippen molar-refractivity contribution in [3.05, 3.63) is 57.9 Å². The van der Waals surface area contributed by atoms with Gasteiger partial charge in [-0.05, 0) is 59.0 Å². The fourth-order valence-corrected chi connectivity index (χ4v) is 2.69. The lowest BCUT2D eigenvalue weighted by molar-refractivity contribution is -0.147. The Morgan fingerprint density at radius 2 is 1.79 bits per heavy atom. The van der Waals surface area contributed by atoms with Crippen LogP contribution in [0.25, 0.3) is 11.0 Å². The number of imidazole rings is 1. The Hall–Kier alpha value is -2.10. The summed E-state index contributed by atoms with van der Waals surface area (Å²) < 4.78 is 41.5. The molecular formula is C16H11F3IN3O. The molecule has 1 N–H and O–H groups in total. The Kier molecular flexibility index (Phi) is 4.48. The first-order chi connectivity index (χ1) is 11.3. The van der Waals surface area contributed by atoms with Gasteiger partial charge < -0.3 is 9.88 Å². The van der Waals surface area contributed by atoms with Crippen molar-refractivity contribution in [3.8, 4) is 0 Å². The highest BCUT2D eigenvalue weighted by molar-refractivity contribution is 14.1. The van der Waals surface area contributed by atoms with E-state index in [0.29, 0.717) is 5.69 Å². The minimum Gasteiger partial charge on any atom is -0.325 e. The second-order valence-electron chi connectivity index (χ2n) is 5.06. The average Bonchev–Trinajstić information content (AvgIpc) is 2.89. The highest BCUT2D eigenvalue weighted by atomic mass is 127. The Morgan fingerprint density at radius 1 is 1.12 bits per heavy atom. The molecule has 0 atom stereocenters. The second-order valence-corrected chi connectivity index (χ2v) is 6.31. The second kappa shape index (κ2) is 6.42. The van der Waals surface area contributed by atoms with Crippen molar-refractivity contribution in [3.63, 3.8) is 0 Å². The fraction of sp³-hybridized carbons (Fsp3) is 0.125. The highest BCUT2D eigenvalue weighted by Gasteiger charge is 2.37. The number of nitrogens with one attached hydrogen (secondary N) is 1. The molecule has 0 aliphatic carbocycles. The molecule has 1 amide bonds. The predicted octanol–water partition coefficient (Wildman–Crippen LogP) is 4.30. The minimum atomic E-state index is -4.64. The first-order valence-corrected chi connectivity index (χ1v) is 8.00. The summed E-state index contributed by atoms with van der Waals surface area (Å²) in [5.41, 5.74) is 0.993. The number of alkyl halides is 3. The topological polar surface area (TPSA) is 46.9 Å². The summed E-state index contributed by atoms with van der Waals surface area (Å²) in [6.45, 7) is -0.471. The van der Waals surface area contributed by atoms with Gasteiger partial charge >= 0.3 is 6.18 Å². The predicted molar refractivity (Wildman–Crippen MR) is 92.5 cm³/mol. The van der Waals surface area contributed by atoms with Gasteiger partial charge in [0, 0.05) is 9.26 Å². The molecule has 1 aromatic heterocycles. The molecule has 0 fully saturated rings. The molecule has 0 saturated heterocycles. The van der Waals surface area contributed by atoms with Crippen LogP contribution in [0, 0.1) is 3.57 Å². The lowest BCUT2D eigenvalue weighted by Gasteiger charge is -2.11. The number of fused-ring (bicyclic) bond motifs is 1. The Balaban J connectivity index is 1.91. The van der Waals surface area contributed by atoms with Crippen LogP contribution < -0.4 is 5.32 Å². The molecule has 8 heteroatoms. The molecule has 0 aliphatic rings. The summed E-state index contributed by atoms with van der Waals surface area (Å²) in [7, 11) is 0. The molecule has 0 bridgehead atoms. The number of halogens is 4. The number of hydrogen-bond acceptors (Lipinski definition) is 2. The van der Waals surface area contributed by atoms with Gasteiger partial charge in [-0.25, -0.2) is 4.98 Å². The van der Waals surface area contributed by atoms with Gasteiger partial charge in [-0.1, -0.05) is 12.1 Å². The number of benzene rings is 2. The highest BCUT2D eigenvalue weighted by Crippen LogP contribution is 2.31. The molecule has 0 spiro atoms. The third-order valence-corrected chi connectivity index (χ3v) is 4.06. The lowest BCUT2D eigenvalue weighted by Crippen LogP contribution is -2.23. The fourth-order valence-electron chi connectivity index (χ4n) is 2.33. The smallest absolute Gasteiger partial charge is 0.325 e. The maximum atomic E-state index is 13.2. The summed E-state index contributed by atoms with van der Waals surface area (Å²) in [5, 5.41) is 2.59. The Labute approximate surface area is 148 Å². The molecule has 0 unspecified atom stereocenters. The summed E-state index contributed by atoms with van der Waals surface area (Å²) in [5.74, 6) is -1.63. The molecule has 2 aromatic carbocycles. The van der Waals surface area contributed by atoms with Crippen LogP contribution in [0.5, 0.6) is 0 Å². The third kappa shape index (κ3) is 3.53. The van der Waals surface area contributed by atoms with Crippen molar-refractivity contribution in [2.45, 2.75) is 12.7 Å². The summed E-state index contributed by atoms with van der Waals surface area (Å²) in [4.78, 5) is 15.8. The molecule has 0 saturated carbocycles. The molecule has 4 nitrogen and oxygen atoms in total. The van der Waals surface area contributed by atoms with Crippen molar-refractivity contribution < 1.29 is 18.0 Å². The molecule has 3 rings (SSSR count). The van der Waals surface area contributed by atoms with Crippen molar-refractivity contribution >= 4 is 45.2 Å². The lowest BCUT2D eigenvalue weighted by atomic mass is 10.3. The number of hydrogen-bond donors (Lipinski definition) is 1. The number of anilines is 1. The van der Waals surface area contributed by atoms with Gasteiger partial charge in [0.25, 0.3) is 0 Å². The quantitative estimate of drug-likeness (QED) is 0.612. The SMILES string of the molecule is O=C(Cn1c(C(F)(F)F)nc2ccccc21)Nc1ccc(I)cc1. The van der Waals surface area contributed by atoms with E-state index in [-0.39, 0.29) is 11.0 Å². The van der Waals surface area contributed by atoms with Gasteiger partial charge in [-0.3, -0.25) is 4.79 Å². The van der Waals surface area contributed by atoms with Crippen LogP contribution in [0.15, 0.2) is 48.5 Å².